The van der Waals surface area contributed by atoms with Crippen LogP contribution in [0.3, 0.4) is 0 Å². The van der Waals surface area contributed by atoms with Gasteiger partial charge in [-0.25, -0.2) is 0 Å². The number of anilines is 2. The Morgan fingerprint density at radius 3 is 2.84 bits per heavy atom. The third kappa shape index (κ3) is 2.31. The normalized spacial score (nSPS) is 23.1. The molecule has 0 aliphatic carbocycles. The number of nitrogens with zero attached hydrogens (tertiary/aromatic N) is 2. The zero-order valence-corrected chi connectivity index (χ0v) is 11.1. The molecule has 2 aliphatic heterocycles. The van der Waals surface area contributed by atoms with Crippen molar-refractivity contribution in [3.8, 4) is 0 Å². The van der Waals surface area contributed by atoms with E-state index >= 15 is 0 Å². The largest absolute Gasteiger partial charge is 0.378 e. The summed E-state index contributed by atoms with van der Waals surface area (Å²) in [7, 11) is 2.06. The molecule has 1 N–H and O–H groups in total. The molecule has 5 nitrogen and oxygen atoms in total. The lowest BCUT2D eigenvalue weighted by Crippen LogP contribution is -2.55. The highest BCUT2D eigenvalue weighted by molar-refractivity contribution is 6.01. The maximum absolute atomic E-state index is 12.6. The van der Waals surface area contributed by atoms with Crippen molar-refractivity contribution < 1.29 is 9.53 Å². The van der Waals surface area contributed by atoms with E-state index in [0.29, 0.717) is 13.2 Å². The van der Waals surface area contributed by atoms with Gasteiger partial charge in [0.25, 0.3) is 0 Å². The molecule has 1 unspecified atom stereocenters. The Hall–Kier alpha value is -1.59. The Balaban J connectivity index is 1.85. The molecule has 0 saturated carbocycles. The molecular weight excluding hydrogens is 242 g/mol. The fourth-order valence-corrected chi connectivity index (χ4v) is 2.65. The summed E-state index contributed by atoms with van der Waals surface area (Å²) < 4.78 is 5.38. The summed E-state index contributed by atoms with van der Waals surface area (Å²) in [5.41, 5.74) is 2.10. The summed E-state index contributed by atoms with van der Waals surface area (Å²) in [6.07, 6.45) is 0. The second-order valence-electron chi connectivity index (χ2n) is 4.98. The van der Waals surface area contributed by atoms with Gasteiger partial charge in [-0.2, -0.15) is 0 Å². The number of fused-ring (bicyclic) bond motifs is 1. The number of rotatable bonds is 1. The standard InChI is InChI=1S/C14H19N3O2/c1-16-7-8-17(13-5-3-2-4-12(13)16)14(18)11-10-19-9-6-15-11/h2-5,11,15H,6-10H2,1H3. The SMILES string of the molecule is CN1CCN(C(=O)C2COCCN2)c2ccccc21. The summed E-state index contributed by atoms with van der Waals surface area (Å²) in [6, 6.07) is 7.82. The van der Waals surface area contributed by atoms with E-state index in [0.717, 1.165) is 31.0 Å². The van der Waals surface area contributed by atoms with E-state index in [1.807, 2.05) is 23.1 Å². The highest BCUT2D eigenvalue weighted by Gasteiger charge is 2.31. The number of ether oxygens (including phenoxy) is 1. The van der Waals surface area contributed by atoms with Crippen LogP contribution in [0, 0.1) is 0 Å². The molecule has 1 fully saturated rings. The predicted molar refractivity (Wildman–Crippen MR) is 74.7 cm³/mol. The number of morpholine rings is 1. The van der Waals surface area contributed by atoms with Crippen LogP contribution in [0.4, 0.5) is 11.4 Å². The minimum atomic E-state index is -0.217. The Morgan fingerprint density at radius 2 is 2.11 bits per heavy atom. The third-order valence-corrected chi connectivity index (χ3v) is 3.73. The van der Waals surface area contributed by atoms with Gasteiger partial charge < -0.3 is 19.9 Å². The van der Waals surface area contributed by atoms with Gasteiger partial charge in [0.05, 0.1) is 24.6 Å². The Bertz CT molecular complexity index is 472. The number of hydrogen-bond donors (Lipinski definition) is 1. The highest BCUT2D eigenvalue weighted by Crippen LogP contribution is 2.32. The van der Waals surface area contributed by atoms with E-state index in [9.17, 15) is 4.79 Å². The van der Waals surface area contributed by atoms with Gasteiger partial charge in [0.2, 0.25) is 5.91 Å². The van der Waals surface area contributed by atoms with Crippen LogP contribution in [0.5, 0.6) is 0 Å². The molecule has 1 amide bonds. The Morgan fingerprint density at radius 1 is 1.32 bits per heavy atom. The van der Waals surface area contributed by atoms with Crippen LogP contribution >= 0.6 is 0 Å². The van der Waals surface area contributed by atoms with Crippen molar-refractivity contribution in [3.63, 3.8) is 0 Å². The number of amides is 1. The van der Waals surface area contributed by atoms with Crippen molar-refractivity contribution in [2.45, 2.75) is 6.04 Å². The van der Waals surface area contributed by atoms with Crippen molar-refractivity contribution >= 4 is 17.3 Å². The summed E-state index contributed by atoms with van der Waals surface area (Å²) in [4.78, 5) is 16.6. The maximum atomic E-state index is 12.6. The molecule has 1 aromatic rings. The van der Waals surface area contributed by atoms with Gasteiger partial charge in [0, 0.05) is 26.7 Å². The number of carbonyl (C=O) groups is 1. The number of para-hydroxylation sites is 2. The molecule has 102 valence electrons. The van der Waals surface area contributed by atoms with E-state index < -0.39 is 0 Å². The lowest BCUT2D eigenvalue weighted by molar-refractivity contribution is -0.123. The first-order valence-corrected chi connectivity index (χ1v) is 6.70. The van der Waals surface area contributed by atoms with Crippen molar-refractivity contribution in [1.29, 1.82) is 0 Å². The van der Waals surface area contributed by atoms with Gasteiger partial charge in [0.1, 0.15) is 6.04 Å². The maximum Gasteiger partial charge on any atom is 0.246 e. The van der Waals surface area contributed by atoms with Gasteiger partial charge in [-0.05, 0) is 12.1 Å². The molecule has 19 heavy (non-hydrogen) atoms. The van der Waals surface area contributed by atoms with Crippen LogP contribution in [-0.2, 0) is 9.53 Å². The molecule has 5 heteroatoms. The van der Waals surface area contributed by atoms with Crippen molar-refractivity contribution in [3.05, 3.63) is 24.3 Å². The van der Waals surface area contributed by atoms with Crippen LogP contribution in [0.2, 0.25) is 0 Å². The second-order valence-corrected chi connectivity index (χ2v) is 4.98. The second kappa shape index (κ2) is 5.19. The first-order chi connectivity index (χ1) is 9.27. The first-order valence-electron chi connectivity index (χ1n) is 6.70. The topological polar surface area (TPSA) is 44.8 Å². The predicted octanol–water partition coefficient (Wildman–Crippen LogP) is 0.458. The quantitative estimate of drug-likeness (QED) is 0.797. The minimum absolute atomic E-state index is 0.111. The molecule has 1 aromatic carbocycles. The molecule has 3 rings (SSSR count). The fourth-order valence-electron chi connectivity index (χ4n) is 2.65. The molecule has 1 atom stereocenters. The van der Waals surface area contributed by atoms with Gasteiger partial charge in [-0.15, -0.1) is 0 Å². The molecule has 2 aliphatic rings. The van der Waals surface area contributed by atoms with Crippen LogP contribution in [0.1, 0.15) is 0 Å². The molecule has 0 spiro atoms. The number of likely N-dealkylation sites (N-methyl/N-ethyl adjacent to an activating group) is 1. The number of carbonyl (C=O) groups excluding carboxylic acids is 1. The molecule has 0 aromatic heterocycles. The van der Waals surface area contributed by atoms with E-state index in [4.69, 9.17) is 4.74 Å². The van der Waals surface area contributed by atoms with E-state index in [2.05, 4.69) is 23.3 Å². The summed E-state index contributed by atoms with van der Waals surface area (Å²) in [5, 5.41) is 3.23. The molecule has 2 heterocycles. The zero-order chi connectivity index (χ0) is 13.2. The smallest absolute Gasteiger partial charge is 0.246 e. The average molecular weight is 261 g/mol. The fraction of sp³-hybridized carbons (Fsp3) is 0.500. The van der Waals surface area contributed by atoms with Gasteiger partial charge in [-0.3, -0.25) is 4.79 Å². The monoisotopic (exact) mass is 261 g/mol. The summed E-state index contributed by atoms with van der Waals surface area (Å²) in [5.74, 6) is 0.111. The number of nitrogens with one attached hydrogen (secondary N) is 1. The van der Waals surface area contributed by atoms with Crippen LogP contribution in [0.25, 0.3) is 0 Å². The summed E-state index contributed by atoms with van der Waals surface area (Å²) >= 11 is 0. The Kier molecular flexibility index (Phi) is 3.40. The van der Waals surface area contributed by atoms with Gasteiger partial charge in [-0.1, -0.05) is 12.1 Å². The van der Waals surface area contributed by atoms with Gasteiger partial charge >= 0.3 is 0 Å². The van der Waals surface area contributed by atoms with E-state index in [1.165, 1.54) is 0 Å². The number of benzene rings is 1. The van der Waals surface area contributed by atoms with Crippen LogP contribution in [0.15, 0.2) is 24.3 Å². The average Bonchev–Trinajstić information content (AvgIpc) is 2.48. The van der Waals surface area contributed by atoms with Crippen molar-refractivity contribution in [2.24, 2.45) is 0 Å². The van der Waals surface area contributed by atoms with Crippen molar-refractivity contribution in [1.82, 2.24) is 5.32 Å². The van der Waals surface area contributed by atoms with Crippen LogP contribution < -0.4 is 15.1 Å². The zero-order valence-electron chi connectivity index (χ0n) is 11.1. The first kappa shape index (κ1) is 12.4. The Labute approximate surface area is 113 Å². The number of hydrogen-bond acceptors (Lipinski definition) is 4. The summed E-state index contributed by atoms with van der Waals surface area (Å²) in [6.45, 7) is 3.48. The lowest BCUT2D eigenvalue weighted by Gasteiger charge is -2.37. The lowest BCUT2D eigenvalue weighted by atomic mass is 10.1. The van der Waals surface area contributed by atoms with Gasteiger partial charge in [0.15, 0.2) is 0 Å². The van der Waals surface area contributed by atoms with Crippen molar-refractivity contribution in [2.75, 3.05) is 49.7 Å². The molecular formula is C14H19N3O2. The third-order valence-electron chi connectivity index (χ3n) is 3.73. The highest BCUT2D eigenvalue weighted by atomic mass is 16.5. The van der Waals surface area contributed by atoms with Crippen LogP contribution in [-0.4, -0.2) is 51.8 Å². The van der Waals surface area contributed by atoms with E-state index in [-0.39, 0.29) is 11.9 Å². The molecule has 1 saturated heterocycles. The minimum Gasteiger partial charge on any atom is -0.378 e. The molecule has 0 radical (unpaired) electrons. The molecule has 0 bridgehead atoms. The van der Waals surface area contributed by atoms with E-state index in [1.54, 1.807) is 0 Å².